The first-order chi connectivity index (χ1) is 5.88. The third-order valence-corrected chi connectivity index (χ3v) is 1.66. The maximum atomic E-state index is 5.59. The molecule has 1 aromatic rings. The maximum absolute atomic E-state index is 5.59. The Labute approximate surface area is 77.6 Å². The van der Waals surface area contributed by atoms with Crippen LogP contribution in [0.1, 0.15) is 12.5 Å². The van der Waals surface area contributed by atoms with E-state index in [1.165, 1.54) is 5.54 Å². The average molecular weight is 183 g/mol. The van der Waals surface area contributed by atoms with Crippen LogP contribution in [-0.4, -0.2) is 6.61 Å². The van der Waals surface area contributed by atoms with Gasteiger partial charge in [-0.2, -0.15) is 0 Å². The van der Waals surface area contributed by atoms with Crippen LogP contribution in [0.25, 0.3) is 5.76 Å². The van der Waals surface area contributed by atoms with Crippen LogP contribution in [0, 0.1) is 0 Å². The maximum Gasteiger partial charge on any atom is 0.137 e. The minimum Gasteiger partial charge on any atom is -0.492 e. The molecule has 1 nitrogen and oxygen atoms in total. The lowest BCUT2D eigenvalue weighted by Gasteiger charge is -2.06. The summed E-state index contributed by atoms with van der Waals surface area (Å²) in [7, 11) is 0. The molecule has 0 amide bonds. The lowest BCUT2D eigenvalue weighted by Crippen LogP contribution is -1.89. The second-order valence-corrected chi connectivity index (χ2v) is 2.49. The van der Waals surface area contributed by atoms with Gasteiger partial charge in [-0.3, -0.25) is 0 Å². The van der Waals surface area contributed by atoms with Crippen LogP contribution in [0.4, 0.5) is 0 Å². The molecule has 0 aliphatic carbocycles. The average Bonchev–Trinajstić information content (AvgIpc) is 2.15. The Bertz CT molecular complexity index is 254. The number of rotatable bonds is 3. The number of benzene rings is 1. The zero-order chi connectivity index (χ0) is 8.81. The second-order valence-electron chi connectivity index (χ2n) is 2.27. The van der Waals surface area contributed by atoms with Crippen LogP contribution in [0.15, 0.2) is 35.9 Å². The molecule has 0 unspecified atom stereocenters. The van der Waals surface area contributed by atoms with Gasteiger partial charge in [0.05, 0.1) is 6.61 Å². The zero-order valence-electron chi connectivity index (χ0n) is 6.96. The molecular formula is C10H11ClO. The van der Waals surface area contributed by atoms with E-state index >= 15 is 0 Å². The fourth-order valence-corrected chi connectivity index (χ4v) is 1.12. The van der Waals surface area contributed by atoms with Gasteiger partial charge < -0.3 is 4.74 Å². The molecule has 0 aliphatic rings. The molecule has 0 aliphatic heterocycles. The monoisotopic (exact) mass is 182 g/mol. The van der Waals surface area contributed by atoms with E-state index in [4.69, 9.17) is 16.3 Å². The molecule has 0 saturated heterocycles. The minimum atomic E-state index is 0.632. The molecule has 1 rings (SSSR count). The van der Waals surface area contributed by atoms with Gasteiger partial charge in [0.25, 0.3) is 0 Å². The van der Waals surface area contributed by atoms with Crippen molar-refractivity contribution in [1.82, 2.24) is 0 Å². The van der Waals surface area contributed by atoms with Crippen molar-refractivity contribution in [2.45, 2.75) is 6.92 Å². The lowest BCUT2D eigenvalue weighted by atomic mass is 10.2. The van der Waals surface area contributed by atoms with E-state index in [0.717, 1.165) is 11.3 Å². The van der Waals surface area contributed by atoms with Crippen LogP contribution in [0.5, 0.6) is 0 Å². The van der Waals surface area contributed by atoms with Gasteiger partial charge in [0, 0.05) is 11.1 Å². The van der Waals surface area contributed by atoms with Gasteiger partial charge in [0.1, 0.15) is 5.76 Å². The van der Waals surface area contributed by atoms with Crippen molar-refractivity contribution in [1.29, 1.82) is 0 Å². The quantitative estimate of drug-likeness (QED) is 0.652. The van der Waals surface area contributed by atoms with Crippen molar-refractivity contribution in [3.8, 4) is 0 Å². The fraction of sp³-hybridized carbons (Fsp3) is 0.200. The third kappa shape index (κ3) is 2.28. The molecule has 0 saturated carbocycles. The highest BCUT2D eigenvalue weighted by Crippen LogP contribution is 2.15. The molecule has 0 radical (unpaired) electrons. The summed E-state index contributed by atoms with van der Waals surface area (Å²) in [5.74, 6) is 0.722. The number of ether oxygens (including phenoxy) is 1. The summed E-state index contributed by atoms with van der Waals surface area (Å²) in [5.41, 5.74) is 2.47. The van der Waals surface area contributed by atoms with E-state index in [0.29, 0.717) is 6.61 Å². The van der Waals surface area contributed by atoms with Crippen molar-refractivity contribution in [3.05, 3.63) is 41.4 Å². The Morgan fingerprint density at radius 1 is 1.42 bits per heavy atom. The van der Waals surface area contributed by atoms with E-state index in [1.54, 1.807) is 0 Å². The van der Waals surface area contributed by atoms with Crippen LogP contribution in [0.2, 0.25) is 0 Å². The van der Waals surface area contributed by atoms with Crippen LogP contribution in [0.3, 0.4) is 0 Å². The summed E-state index contributed by atoms with van der Waals surface area (Å²) < 4.78 is 5.31. The van der Waals surface area contributed by atoms with Gasteiger partial charge in [0.15, 0.2) is 0 Å². The number of hydrogen-bond donors (Lipinski definition) is 0. The van der Waals surface area contributed by atoms with E-state index in [2.05, 4.69) is 0 Å². The molecular weight excluding hydrogens is 172 g/mol. The predicted molar refractivity (Wildman–Crippen MR) is 51.9 cm³/mol. The third-order valence-electron chi connectivity index (χ3n) is 1.46. The molecule has 12 heavy (non-hydrogen) atoms. The first-order valence-corrected chi connectivity index (χ1v) is 4.30. The largest absolute Gasteiger partial charge is 0.492 e. The van der Waals surface area contributed by atoms with Crippen molar-refractivity contribution < 1.29 is 4.74 Å². The Morgan fingerprint density at radius 3 is 2.58 bits per heavy atom. The molecule has 0 heterocycles. The molecule has 0 N–H and O–H groups in total. The van der Waals surface area contributed by atoms with E-state index < -0.39 is 0 Å². The van der Waals surface area contributed by atoms with E-state index in [-0.39, 0.29) is 0 Å². The van der Waals surface area contributed by atoms with Gasteiger partial charge >= 0.3 is 0 Å². The van der Waals surface area contributed by atoms with Gasteiger partial charge in [0.2, 0.25) is 0 Å². The molecule has 0 spiro atoms. The molecule has 1 aromatic carbocycles. The SMILES string of the molecule is CCOC(=CCl)c1ccccc1. The summed E-state index contributed by atoms with van der Waals surface area (Å²) in [6.45, 7) is 2.57. The normalized spacial score (nSPS) is 11.3. The molecule has 0 fully saturated rings. The molecule has 0 bridgehead atoms. The first kappa shape index (κ1) is 9.14. The van der Waals surface area contributed by atoms with E-state index in [9.17, 15) is 0 Å². The van der Waals surface area contributed by atoms with Crippen LogP contribution < -0.4 is 0 Å². The smallest absolute Gasteiger partial charge is 0.137 e. The molecule has 0 atom stereocenters. The predicted octanol–water partition coefficient (Wildman–Crippen LogP) is 3.26. The minimum absolute atomic E-state index is 0.632. The summed E-state index contributed by atoms with van der Waals surface area (Å²) in [5, 5.41) is 0. The molecule has 0 aromatic heterocycles. The fourth-order valence-electron chi connectivity index (χ4n) is 0.936. The summed E-state index contributed by atoms with van der Waals surface area (Å²) in [6.07, 6.45) is 0. The number of hydrogen-bond acceptors (Lipinski definition) is 1. The topological polar surface area (TPSA) is 9.23 Å². The van der Waals surface area contributed by atoms with E-state index in [1.807, 2.05) is 37.3 Å². The van der Waals surface area contributed by atoms with Crippen LogP contribution >= 0.6 is 11.6 Å². The van der Waals surface area contributed by atoms with Crippen molar-refractivity contribution in [2.24, 2.45) is 0 Å². The van der Waals surface area contributed by atoms with Gasteiger partial charge in [-0.15, -0.1) is 0 Å². The Balaban J connectivity index is 2.82. The Kier molecular flexibility index (Phi) is 3.68. The highest BCUT2D eigenvalue weighted by Gasteiger charge is 1.98. The summed E-state index contributed by atoms with van der Waals surface area (Å²) in [4.78, 5) is 0. The Morgan fingerprint density at radius 2 is 2.08 bits per heavy atom. The first-order valence-electron chi connectivity index (χ1n) is 3.87. The number of halogens is 1. The standard InChI is InChI=1S/C10H11ClO/c1-2-12-10(8-11)9-6-4-3-5-7-9/h3-8H,2H2,1H3. The highest BCUT2D eigenvalue weighted by atomic mass is 35.5. The van der Waals surface area contributed by atoms with Gasteiger partial charge in [-0.05, 0) is 6.92 Å². The van der Waals surface area contributed by atoms with Gasteiger partial charge in [-0.1, -0.05) is 41.9 Å². The van der Waals surface area contributed by atoms with Gasteiger partial charge in [-0.25, -0.2) is 0 Å². The Hall–Kier alpha value is -0.950. The van der Waals surface area contributed by atoms with Crippen LogP contribution in [-0.2, 0) is 4.74 Å². The molecule has 64 valence electrons. The summed E-state index contributed by atoms with van der Waals surface area (Å²) in [6, 6.07) is 9.79. The van der Waals surface area contributed by atoms with Crippen molar-refractivity contribution in [2.75, 3.05) is 6.61 Å². The summed E-state index contributed by atoms with van der Waals surface area (Å²) >= 11 is 5.59. The molecule has 2 heteroatoms. The highest BCUT2D eigenvalue weighted by molar-refractivity contribution is 6.27. The lowest BCUT2D eigenvalue weighted by molar-refractivity contribution is 0.298. The van der Waals surface area contributed by atoms with Crippen molar-refractivity contribution >= 4 is 17.4 Å². The second kappa shape index (κ2) is 4.83. The zero-order valence-corrected chi connectivity index (χ0v) is 7.71. The van der Waals surface area contributed by atoms with Crippen molar-refractivity contribution in [3.63, 3.8) is 0 Å².